The van der Waals surface area contributed by atoms with Crippen LogP contribution in [0.25, 0.3) is 10.9 Å². The van der Waals surface area contributed by atoms with E-state index >= 15 is 0 Å². The van der Waals surface area contributed by atoms with Gasteiger partial charge in [0, 0.05) is 12.3 Å². The van der Waals surface area contributed by atoms with E-state index < -0.39 is 17.7 Å². The van der Waals surface area contributed by atoms with Crippen molar-refractivity contribution in [2.75, 3.05) is 0 Å². The van der Waals surface area contributed by atoms with Gasteiger partial charge in [0.25, 0.3) is 0 Å². The maximum absolute atomic E-state index is 12.7. The molecule has 0 amide bonds. The number of carbonyl (C=O) groups excluding carboxylic acids is 1. The van der Waals surface area contributed by atoms with Crippen LogP contribution >= 0.6 is 0 Å². The predicted octanol–water partition coefficient (Wildman–Crippen LogP) is 3.18. The summed E-state index contributed by atoms with van der Waals surface area (Å²) in [6.45, 7) is 1.20. The Morgan fingerprint density at radius 3 is 2.67 bits per heavy atom. The van der Waals surface area contributed by atoms with E-state index in [1.54, 1.807) is 0 Å². The number of alkyl halides is 3. The van der Waals surface area contributed by atoms with Gasteiger partial charge in [-0.3, -0.25) is 9.78 Å². The van der Waals surface area contributed by atoms with Crippen LogP contribution in [0.5, 0.6) is 5.75 Å². The third kappa shape index (κ3) is 2.42. The van der Waals surface area contributed by atoms with Crippen molar-refractivity contribution in [1.82, 2.24) is 4.98 Å². The summed E-state index contributed by atoms with van der Waals surface area (Å²) in [5, 5.41) is 0.267. The average molecular weight is 255 g/mol. The topological polar surface area (TPSA) is 39.2 Å². The Labute approximate surface area is 100 Å². The highest BCUT2D eigenvalue weighted by Gasteiger charge is 2.33. The third-order valence-corrected chi connectivity index (χ3v) is 2.25. The van der Waals surface area contributed by atoms with Crippen molar-refractivity contribution >= 4 is 16.9 Å². The summed E-state index contributed by atoms with van der Waals surface area (Å²) in [7, 11) is 0. The van der Waals surface area contributed by atoms with Crippen LogP contribution in [0, 0.1) is 0 Å². The number of pyridine rings is 1. The Balaban J connectivity index is 2.57. The van der Waals surface area contributed by atoms with Gasteiger partial charge in [0.2, 0.25) is 0 Å². The van der Waals surface area contributed by atoms with Crippen molar-refractivity contribution in [3.05, 3.63) is 36.0 Å². The van der Waals surface area contributed by atoms with E-state index in [9.17, 15) is 18.0 Å². The first-order chi connectivity index (χ1) is 8.38. The summed E-state index contributed by atoms with van der Waals surface area (Å²) in [5.41, 5.74) is -0.977. The number of hydrogen-bond donors (Lipinski definition) is 0. The molecule has 0 fully saturated rings. The van der Waals surface area contributed by atoms with Crippen LogP contribution in [0.15, 0.2) is 30.5 Å². The number of benzene rings is 1. The second kappa shape index (κ2) is 4.29. The van der Waals surface area contributed by atoms with Gasteiger partial charge in [0.15, 0.2) is 0 Å². The lowest BCUT2D eigenvalue weighted by atomic mass is 10.1. The van der Waals surface area contributed by atoms with Crippen molar-refractivity contribution in [1.29, 1.82) is 0 Å². The molecule has 0 bridgehead atoms. The smallest absolute Gasteiger partial charge is 0.418 e. The van der Waals surface area contributed by atoms with Gasteiger partial charge in [0.05, 0.1) is 17.3 Å². The zero-order valence-electron chi connectivity index (χ0n) is 9.28. The Bertz CT molecular complexity index is 608. The number of nitrogens with zero attached hydrogens (tertiary/aromatic N) is 1. The van der Waals surface area contributed by atoms with Crippen LogP contribution in [0.1, 0.15) is 12.5 Å². The van der Waals surface area contributed by atoms with Gasteiger partial charge in [0.1, 0.15) is 5.75 Å². The van der Waals surface area contributed by atoms with E-state index in [2.05, 4.69) is 4.98 Å². The molecule has 2 aromatic rings. The standard InChI is InChI=1S/C12H8F3NO2/c1-7(17)18-9-5-8-3-2-4-10(12(13,14)15)11(8)16-6-9/h2-6H,1H3. The summed E-state index contributed by atoms with van der Waals surface area (Å²) >= 11 is 0. The third-order valence-electron chi connectivity index (χ3n) is 2.25. The molecule has 1 aromatic heterocycles. The minimum absolute atomic E-state index is 0.120. The SMILES string of the molecule is CC(=O)Oc1cnc2c(C(F)(F)F)cccc2c1. The molecule has 0 N–H and O–H groups in total. The molecule has 0 radical (unpaired) electrons. The summed E-state index contributed by atoms with van der Waals surface area (Å²) in [4.78, 5) is 14.4. The molecule has 0 unspecified atom stereocenters. The molecule has 1 heterocycles. The monoisotopic (exact) mass is 255 g/mol. The second-order valence-electron chi connectivity index (χ2n) is 3.64. The second-order valence-corrected chi connectivity index (χ2v) is 3.64. The van der Waals surface area contributed by atoms with Crippen LogP contribution in [-0.2, 0) is 11.0 Å². The zero-order valence-corrected chi connectivity index (χ0v) is 9.28. The molecule has 0 saturated carbocycles. The number of hydrogen-bond acceptors (Lipinski definition) is 3. The quantitative estimate of drug-likeness (QED) is 0.734. The van der Waals surface area contributed by atoms with Gasteiger partial charge in [-0.2, -0.15) is 13.2 Å². The van der Waals surface area contributed by atoms with Crippen molar-refractivity contribution in [2.45, 2.75) is 13.1 Å². The molecule has 0 atom stereocenters. The highest BCUT2D eigenvalue weighted by atomic mass is 19.4. The molecule has 94 valence electrons. The maximum atomic E-state index is 12.7. The number of fused-ring (bicyclic) bond motifs is 1. The Morgan fingerprint density at radius 1 is 1.33 bits per heavy atom. The van der Waals surface area contributed by atoms with E-state index in [4.69, 9.17) is 4.74 Å². The van der Waals surface area contributed by atoms with Crippen molar-refractivity contribution < 1.29 is 22.7 Å². The predicted molar refractivity (Wildman–Crippen MR) is 58.1 cm³/mol. The van der Waals surface area contributed by atoms with Gasteiger partial charge < -0.3 is 4.74 Å². The van der Waals surface area contributed by atoms with Gasteiger partial charge in [-0.25, -0.2) is 0 Å². The fourth-order valence-electron chi connectivity index (χ4n) is 1.59. The molecule has 0 aliphatic heterocycles. The summed E-state index contributed by atoms with van der Waals surface area (Å²) in [5.74, 6) is -0.433. The fourth-order valence-corrected chi connectivity index (χ4v) is 1.59. The van der Waals surface area contributed by atoms with E-state index in [1.165, 1.54) is 25.1 Å². The number of carbonyl (C=O) groups is 1. The van der Waals surface area contributed by atoms with Crippen LogP contribution < -0.4 is 4.74 Å². The molecule has 2 rings (SSSR count). The summed E-state index contributed by atoms with van der Waals surface area (Å²) < 4.78 is 42.9. The molecule has 18 heavy (non-hydrogen) atoms. The molecule has 0 aliphatic rings. The normalized spacial score (nSPS) is 11.6. The van der Waals surface area contributed by atoms with Gasteiger partial charge in [-0.15, -0.1) is 0 Å². The average Bonchev–Trinajstić information content (AvgIpc) is 2.25. The van der Waals surface area contributed by atoms with Gasteiger partial charge in [-0.05, 0) is 12.1 Å². The number of ether oxygens (including phenoxy) is 1. The zero-order chi connectivity index (χ0) is 13.3. The number of aromatic nitrogens is 1. The van der Waals surface area contributed by atoms with Crippen molar-refractivity contribution in [3.8, 4) is 5.75 Å². The van der Waals surface area contributed by atoms with Gasteiger partial charge in [-0.1, -0.05) is 12.1 Å². The molecule has 0 aliphatic carbocycles. The van der Waals surface area contributed by atoms with Crippen LogP contribution in [0.2, 0.25) is 0 Å². The number of rotatable bonds is 1. The van der Waals surface area contributed by atoms with Crippen molar-refractivity contribution in [2.24, 2.45) is 0 Å². The molecular weight excluding hydrogens is 247 g/mol. The number of halogens is 3. The largest absolute Gasteiger partial charge is 0.425 e. The highest BCUT2D eigenvalue weighted by molar-refractivity contribution is 5.84. The Morgan fingerprint density at radius 2 is 2.06 bits per heavy atom. The first kappa shape index (κ1) is 12.3. The summed E-state index contributed by atoms with van der Waals surface area (Å²) in [6, 6.07) is 5.06. The van der Waals surface area contributed by atoms with E-state index in [-0.39, 0.29) is 16.7 Å². The van der Waals surface area contributed by atoms with E-state index in [1.807, 2.05) is 0 Å². The number of esters is 1. The lowest BCUT2D eigenvalue weighted by molar-refractivity contribution is -0.136. The maximum Gasteiger partial charge on any atom is 0.418 e. The van der Waals surface area contributed by atoms with Crippen LogP contribution in [-0.4, -0.2) is 11.0 Å². The molecule has 0 spiro atoms. The lowest BCUT2D eigenvalue weighted by Crippen LogP contribution is -2.07. The Kier molecular flexibility index (Phi) is 2.94. The van der Waals surface area contributed by atoms with Crippen LogP contribution in [0.3, 0.4) is 0 Å². The van der Waals surface area contributed by atoms with E-state index in [0.717, 1.165) is 12.3 Å². The summed E-state index contributed by atoms with van der Waals surface area (Å²) in [6.07, 6.45) is -3.37. The molecule has 3 nitrogen and oxygen atoms in total. The van der Waals surface area contributed by atoms with E-state index in [0.29, 0.717) is 0 Å². The Hall–Kier alpha value is -2.11. The lowest BCUT2D eigenvalue weighted by Gasteiger charge is -2.10. The number of para-hydroxylation sites is 1. The molecule has 1 aromatic carbocycles. The van der Waals surface area contributed by atoms with Crippen molar-refractivity contribution in [3.63, 3.8) is 0 Å². The minimum atomic E-state index is -4.46. The van der Waals surface area contributed by atoms with Gasteiger partial charge >= 0.3 is 12.1 Å². The fraction of sp³-hybridized carbons (Fsp3) is 0.167. The van der Waals surface area contributed by atoms with Crippen LogP contribution in [0.4, 0.5) is 13.2 Å². The first-order valence-electron chi connectivity index (χ1n) is 5.02. The highest BCUT2D eigenvalue weighted by Crippen LogP contribution is 2.34. The molecular formula is C12H8F3NO2. The molecule has 6 heteroatoms. The minimum Gasteiger partial charge on any atom is -0.425 e. The first-order valence-corrected chi connectivity index (χ1v) is 5.02. The molecule has 0 saturated heterocycles.